The van der Waals surface area contributed by atoms with Gasteiger partial charge in [-0.2, -0.15) is 18.4 Å². The number of hydrogen-bond acceptors (Lipinski definition) is 6. The van der Waals surface area contributed by atoms with Gasteiger partial charge in [0.25, 0.3) is 0 Å². The molecule has 0 unspecified atom stereocenters. The van der Waals surface area contributed by atoms with Crippen molar-refractivity contribution in [3.63, 3.8) is 0 Å². The zero-order valence-corrected chi connectivity index (χ0v) is 18.3. The summed E-state index contributed by atoms with van der Waals surface area (Å²) in [6.45, 7) is 0.304. The summed E-state index contributed by atoms with van der Waals surface area (Å²) < 4.78 is 55.4. The Morgan fingerprint density at radius 3 is 2.50 bits per heavy atom. The van der Waals surface area contributed by atoms with Crippen molar-refractivity contribution in [1.82, 2.24) is 5.32 Å². The molecular formula is C22H19F3N4O4S. The normalized spacial score (nSPS) is 23.5. The van der Waals surface area contributed by atoms with Gasteiger partial charge in [-0.1, -0.05) is 12.1 Å². The van der Waals surface area contributed by atoms with E-state index in [4.69, 9.17) is 31.7 Å². The zero-order chi connectivity index (χ0) is 24.3. The molecule has 2 heterocycles. The summed E-state index contributed by atoms with van der Waals surface area (Å²) in [6, 6.07) is 12.8. The third kappa shape index (κ3) is 5.56. The summed E-state index contributed by atoms with van der Waals surface area (Å²) in [6.07, 6.45) is -7.19. The van der Waals surface area contributed by atoms with Crippen LogP contribution in [0, 0.1) is 11.3 Å². The standard InChI is InChI=1S/C22H19F3N4O4S/c23-22(24,25)13-4-2-6-15(8-13)28-21(30)33-17-11-32-18-16(10-31-19(17)18)29-20(34)27-14-5-1-3-12(7-14)9-26/h1-8,16-19H,10-11H2,(H,28,30)(H2,27,29,34)/t16-,17+,18+,19+/m0/s1. The summed E-state index contributed by atoms with van der Waals surface area (Å²) in [5.41, 5.74) is 0.206. The summed E-state index contributed by atoms with van der Waals surface area (Å²) in [5.74, 6) is 0. The van der Waals surface area contributed by atoms with E-state index in [9.17, 15) is 18.0 Å². The van der Waals surface area contributed by atoms with E-state index < -0.39 is 36.1 Å². The van der Waals surface area contributed by atoms with Gasteiger partial charge in [0.1, 0.15) is 12.2 Å². The first-order valence-corrected chi connectivity index (χ1v) is 10.6. The SMILES string of the molecule is N#Cc1cccc(NC(=S)N[C@H]2CO[C@H]3[C@@H]2OC[C@H]3OC(=O)Nc2cccc(C(F)(F)F)c2)c1. The van der Waals surface area contributed by atoms with E-state index in [1.165, 1.54) is 12.1 Å². The van der Waals surface area contributed by atoms with Crippen molar-refractivity contribution in [3.05, 3.63) is 59.7 Å². The first-order valence-electron chi connectivity index (χ1n) is 10.2. The molecular weight excluding hydrogens is 473 g/mol. The molecule has 2 aliphatic heterocycles. The number of hydrogen-bond donors (Lipinski definition) is 3. The van der Waals surface area contributed by atoms with Crippen molar-refractivity contribution in [3.8, 4) is 6.07 Å². The van der Waals surface area contributed by atoms with E-state index >= 15 is 0 Å². The second kappa shape index (κ2) is 9.84. The quantitative estimate of drug-likeness (QED) is 0.556. The van der Waals surface area contributed by atoms with Crippen LogP contribution in [0.15, 0.2) is 48.5 Å². The predicted octanol–water partition coefficient (Wildman–Crippen LogP) is 3.65. The van der Waals surface area contributed by atoms with Gasteiger partial charge in [0, 0.05) is 11.4 Å². The molecule has 0 aromatic heterocycles. The minimum Gasteiger partial charge on any atom is -0.441 e. The topological polar surface area (TPSA) is 105 Å². The van der Waals surface area contributed by atoms with Crippen LogP contribution in [-0.2, 0) is 20.4 Å². The van der Waals surface area contributed by atoms with Gasteiger partial charge in [-0.3, -0.25) is 5.32 Å². The molecule has 3 N–H and O–H groups in total. The van der Waals surface area contributed by atoms with Crippen molar-refractivity contribution in [2.24, 2.45) is 0 Å². The van der Waals surface area contributed by atoms with Crippen LogP contribution in [0.25, 0.3) is 0 Å². The lowest BCUT2D eigenvalue weighted by atomic mass is 10.1. The molecule has 8 nitrogen and oxygen atoms in total. The molecule has 2 aromatic carbocycles. The fraction of sp³-hybridized carbons (Fsp3) is 0.318. The second-order valence-corrected chi connectivity index (χ2v) is 8.05. The number of rotatable bonds is 4. The van der Waals surface area contributed by atoms with Crippen molar-refractivity contribution < 1.29 is 32.2 Å². The van der Waals surface area contributed by atoms with Crippen LogP contribution in [0.5, 0.6) is 0 Å². The third-order valence-electron chi connectivity index (χ3n) is 5.27. The Labute approximate surface area is 198 Å². The van der Waals surface area contributed by atoms with Crippen LogP contribution in [0.2, 0.25) is 0 Å². The maximum absolute atomic E-state index is 12.9. The van der Waals surface area contributed by atoms with Gasteiger partial charge in [-0.05, 0) is 48.6 Å². The molecule has 0 spiro atoms. The van der Waals surface area contributed by atoms with Crippen LogP contribution in [0.1, 0.15) is 11.1 Å². The molecule has 178 valence electrons. The largest absolute Gasteiger partial charge is 0.441 e. The number of halogens is 3. The van der Waals surface area contributed by atoms with Gasteiger partial charge < -0.3 is 24.8 Å². The molecule has 1 amide bonds. The minimum absolute atomic E-state index is 0.0425. The van der Waals surface area contributed by atoms with Crippen LogP contribution in [-0.4, -0.2) is 48.8 Å². The van der Waals surface area contributed by atoms with Crippen molar-refractivity contribution in [2.75, 3.05) is 23.8 Å². The Balaban J connectivity index is 1.29. The molecule has 12 heteroatoms. The first kappa shape index (κ1) is 23.7. The van der Waals surface area contributed by atoms with Crippen LogP contribution in [0.4, 0.5) is 29.3 Å². The van der Waals surface area contributed by atoms with E-state index in [-0.39, 0.29) is 24.9 Å². The maximum atomic E-state index is 12.9. The summed E-state index contributed by atoms with van der Waals surface area (Å²) in [5, 5.41) is 17.7. The van der Waals surface area contributed by atoms with E-state index in [0.29, 0.717) is 16.4 Å². The number of nitrogens with one attached hydrogen (secondary N) is 3. The second-order valence-electron chi connectivity index (χ2n) is 7.64. The van der Waals surface area contributed by atoms with Crippen molar-refractivity contribution >= 4 is 34.8 Å². The smallest absolute Gasteiger partial charge is 0.416 e. The van der Waals surface area contributed by atoms with Gasteiger partial charge in [0.15, 0.2) is 11.2 Å². The third-order valence-corrected chi connectivity index (χ3v) is 5.49. The Morgan fingerprint density at radius 2 is 1.76 bits per heavy atom. The average molecular weight is 492 g/mol. The number of carbonyl (C=O) groups excluding carboxylic acids is 1. The van der Waals surface area contributed by atoms with Crippen LogP contribution < -0.4 is 16.0 Å². The highest BCUT2D eigenvalue weighted by molar-refractivity contribution is 7.80. The number of alkyl halides is 3. The highest BCUT2D eigenvalue weighted by Gasteiger charge is 2.49. The van der Waals surface area contributed by atoms with Gasteiger partial charge in [-0.15, -0.1) is 0 Å². The van der Waals surface area contributed by atoms with Crippen molar-refractivity contribution in [2.45, 2.75) is 30.5 Å². The summed E-state index contributed by atoms with van der Waals surface area (Å²) in [7, 11) is 0. The molecule has 4 atom stereocenters. The number of anilines is 2. The summed E-state index contributed by atoms with van der Waals surface area (Å²) >= 11 is 5.33. The van der Waals surface area contributed by atoms with E-state index in [1.807, 2.05) is 6.07 Å². The minimum atomic E-state index is -4.53. The Morgan fingerprint density at radius 1 is 1.06 bits per heavy atom. The average Bonchev–Trinajstić information content (AvgIpc) is 3.37. The molecule has 2 aliphatic rings. The lowest BCUT2D eigenvalue weighted by molar-refractivity contribution is -0.137. The van der Waals surface area contributed by atoms with Gasteiger partial charge in [-0.25, -0.2) is 4.79 Å². The van der Waals surface area contributed by atoms with E-state index in [0.717, 1.165) is 12.1 Å². The number of benzene rings is 2. The van der Waals surface area contributed by atoms with E-state index in [1.54, 1.807) is 24.3 Å². The fourth-order valence-corrected chi connectivity index (χ4v) is 4.02. The number of thiocarbonyl (C=S) groups is 1. The van der Waals surface area contributed by atoms with Crippen LogP contribution >= 0.6 is 12.2 Å². The van der Waals surface area contributed by atoms with Gasteiger partial charge in [0.05, 0.1) is 36.5 Å². The van der Waals surface area contributed by atoms with Gasteiger partial charge in [0.2, 0.25) is 0 Å². The fourth-order valence-electron chi connectivity index (χ4n) is 3.75. The molecule has 4 rings (SSSR count). The molecule has 0 aliphatic carbocycles. The molecule has 2 aromatic rings. The highest BCUT2D eigenvalue weighted by Crippen LogP contribution is 2.31. The number of fused-ring (bicyclic) bond motifs is 1. The number of ether oxygens (including phenoxy) is 3. The predicted molar refractivity (Wildman–Crippen MR) is 119 cm³/mol. The Bertz CT molecular complexity index is 1120. The number of nitrogens with zero attached hydrogens (tertiary/aromatic N) is 1. The van der Waals surface area contributed by atoms with Crippen LogP contribution in [0.3, 0.4) is 0 Å². The lowest BCUT2D eigenvalue weighted by Crippen LogP contribution is -2.46. The Kier molecular flexibility index (Phi) is 6.87. The molecule has 34 heavy (non-hydrogen) atoms. The lowest BCUT2D eigenvalue weighted by Gasteiger charge is -2.20. The number of nitriles is 1. The summed E-state index contributed by atoms with van der Waals surface area (Å²) in [4.78, 5) is 12.2. The Hall–Kier alpha value is -3.40. The molecule has 2 saturated heterocycles. The first-order chi connectivity index (χ1) is 16.2. The molecule has 2 fully saturated rings. The number of carbonyl (C=O) groups is 1. The number of amides is 1. The van der Waals surface area contributed by atoms with E-state index in [2.05, 4.69) is 16.0 Å². The zero-order valence-electron chi connectivity index (χ0n) is 17.5. The van der Waals surface area contributed by atoms with Gasteiger partial charge >= 0.3 is 12.3 Å². The molecule has 0 saturated carbocycles. The molecule has 0 bridgehead atoms. The monoisotopic (exact) mass is 492 g/mol. The van der Waals surface area contributed by atoms with Crippen molar-refractivity contribution in [1.29, 1.82) is 5.26 Å². The molecule has 0 radical (unpaired) electrons. The highest BCUT2D eigenvalue weighted by atomic mass is 32.1. The maximum Gasteiger partial charge on any atom is 0.416 e.